The summed E-state index contributed by atoms with van der Waals surface area (Å²) in [5.41, 5.74) is -1.14. The maximum absolute atomic E-state index is 12.4. The van der Waals surface area contributed by atoms with Crippen LogP contribution in [-0.4, -0.2) is 33.2 Å². The molecule has 0 spiro atoms. The van der Waals surface area contributed by atoms with E-state index in [9.17, 15) is 32.9 Å². The lowest BCUT2D eigenvalue weighted by atomic mass is 10.3. The number of aromatic nitrogens is 2. The summed E-state index contributed by atoms with van der Waals surface area (Å²) in [6, 6.07) is 4.33. The molecule has 0 fully saturated rings. The second kappa shape index (κ2) is 8.16. The SMILES string of the molecule is O=C(COC(=O)Cn1ccc(C(F)(F)F)n1)Nc1ccc([N+](=O)[O-])cc1Br. The van der Waals surface area contributed by atoms with Gasteiger partial charge in [0.05, 0.1) is 10.6 Å². The van der Waals surface area contributed by atoms with Crippen molar-refractivity contribution in [1.82, 2.24) is 9.78 Å². The van der Waals surface area contributed by atoms with Crippen LogP contribution in [0.15, 0.2) is 34.9 Å². The lowest BCUT2D eigenvalue weighted by molar-refractivity contribution is -0.384. The van der Waals surface area contributed by atoms with Crippen LogP contribution in [0.3, 0.4) is 0 Å². The van der Waals surface area contributed by atoms with Crippen molar-refractivity contribution in [2.45, 2.75) is 12.7 Å². The van der Waals surface area contributed by atoms with Gasteiger partial charge in [-0.1, -0.05) is 0 Å². The number of carbonyl (C=O) groups excluding carboxylic acids is 2. The van der Waals surface area contributed by atoms with Crippen molar-refractivity contribution in [3.63, 3.8) is 0 Å². The van der Waals surface area contributed by atoms with Crippen LogP contribution in [0.25, 0.3) is 0 Å². The number of nitrogens with zero attached hydrogens (tertiary/aromatic N) is 3. The topological polar surface area (TPSA) is 116 Å². The molecule has 13 heteroatoms. The minimum absolute atomic E-state index is 0.191. The number of amides is 1. The van der Waals surface area contributed by atoms with Gasteiger partial charge in [0.25, 0.3) is 11.6 Å². The third-order valence-corrected chi connectivity index (χ3v) is 3.68. The van der Waals surface area contributed by atoms with E-state index in [0.29, 0.717) is 6.07 Å². The quantitative estimate of drug-likeness (QED) is 0.410. The maximum Gasteiger partial charge on any atom is 0.435 e. The van der Waals surface area contributed by atoms with Crippen molar-refractivity contribution < 1.29 is 32.4 Å². The second-order valence-electron chi connectivity index (χ2n) is 5.03. The Kier molecular flexibility index (Phi) is 6.15. The minimum atomic E-state index is -4.63. The van der Waals surface area contributed by atoms with E-state index in [2.05, 4.69) is 31.1 Å². The molecule has 1 N–H and O–H groups in total. The number of alkyl halides is 3. The number of nitro benzene ring substituents is 1. The zero-order chi connectivity index (χ0) is 20.2. The molecule has 0 aliphatic heterocycles. The zero-order valence-electron chi connectivity index (χ0n) is 13.2. The smallest absolute Gasteiger partial charge is 0.435 e. The van der Waals surface area contributed by atoms with Gasteiger partial charge in [0.2, 0.25) is 0 Å². The lowest BCUT2D eigenvalue weighted by Crippen LogP contribution is -2.23. The fraction of sp³-hybridized carbons (Fsp3) is 0.214. The van der Waals surface area contributed by atoms with Crippen LogP contribution in [0, 0.1) is 10.1 Å². The van der Waals surface area contributed by atoms with Crippen molar-refractivity contribution in [3.8, 4) is 0 Å². The van der Waals surface area contributed by atoms with Gasteiger partial charge < -0.3 is 10.1 Å². The van der Waals surface area contributed by atoms with Gasteiger partial charge in [0.15, 0.2) is 12.3 Å². The molecule has 0 saturated heterocycles. The largest absolute Gasteiger partial charge is 0.454 e. The average Bonchev–Trinajstić information content (AvgIpc) is 3.03. The summed E-state index contributed by atoms with van der Waals surface area (Å²) < 4.78 is 42.9. The van der Waals surface area contributed by atoms with E-state index in [0.717, 1.165) is 10.9 Å². The predicted molar refractivity (Wildman–Crippen MR) is 87.6 cm³/mol. The molecule has 0 bridgehead atoms. The van der Waals surface area contributed by atoms with Crippen LogP contribution < -0.4 is 5.32 Å². The second-order valence-corrected chi connectivity index (χ2v) is 5.88. The highest BCUT2D eigenvalue weighted by Gasteiger charge is 2.33. The van der Waals surface area contributed by atoms with E-state index < -0.39 is 41.8 Å². The average molecular weight is 451 g/mol. The Morgan fingerprint density at radius 3 is 2.59 bits per heavy atom. The number of ether oxygens (including phenoxy) is 1. The van der Waals surface area contributed by atoms with Gasteiger partial charge in [-0.2, -0.15) is 18.3 Å². The monoisotopic (exact) mass is 450 g/mol. The number of esters is 1. The van der Waals surface area contributed by atoms with Crippen LogP contribution in [0.5, 0.6) is 0 Å². The van der Waals surface area contributed by atoms with E-state index >= 15 is 0 Å². The number of halogens is 4. The summed E-state index contributed by atoms with van der Waals surface area (Å²) in [4.78, 5) is 33.4. The van der Waals surface area contributed by atoms with Gasteiger partial charge in [-0.15, -0.1) is 0 Å². The number of anilines is 1. The van der Waals surface area contributed by atoms with E-state index in [1.807, 2.05) is 0 Å². The fourth-order valence-electron chi connectivity index (χ4n) is 1.83. The Hall–Kier alpha value is -2.96. The van der Waals surface area contributed by atoms with E-state index in [1.165, 1.54) is 18.2 Å². The number of hydrogen-bond donors (Lipinski definition) is 1. The maximum atomic E-state index is 12.4. The first-order chi connectivity index (χ1) is 12.6. The molecule has 1 heterocycles. The number of hydrogen-bond acceptors (Lipinski definition) is 6. The molecular weight excluding hydrogens is 441 g/mol. The van der Waals surface area contributed by atoms with E-state index in [-0.39, 0.29) is 15.8 Å². The van der Waals surface area contributed by atoms with E-state index in [4.69, 9.17) is 0 Å². The summed E-state index contributed by atoms with van der Waals surface area (Å²) in [5.74, 6) is -1.71. The number of carbonyl (C=O) groups is 2. The Labute approximate surface area is 157 Å². The van der Waals surface area contributed by atoms with Crippen LogP contribution in [-0.2, 0) is 27.0 Å². The summed E-state index contributed by atoms with van der Waals surface area (Å²) in [5, 5.41) is 16.2. The molecule has 27 heavy (non-hydrogen) atoms. The standard InChI is InChI=1S/C14H10BrF3N4O5/c15-9-5-8(22(25)26)1-2-10(9)19-12(23)7-27-13(24)6-21-4-3-11(20-21)14(16,17)18/h1-5H,6-7H2,(H,19,23). The van der Waals surface area contributed by atoms with Gasteiger partial charge in [0.1, 0.15) is 6.54 Å². The number of nitrogens with one attached hydrogen (secondary N) is 1. The van der Waals surface area contributed by atoms with Crippen LogP contribution in [0.1, 0.15) is 5.69 Å². The van der Waals surface area contributed by atoms with Crippen molar-refractivity contribution in [3.05, 3.63) is 50.7 Å². The molecule has 0 radical (unpaired) electrons. The first-order valence-corrected chi connectivity index (χ1v) is 7.85. The highest BCUT2D eigenvalue weighted by Crippen LogP contribution is 2.28. The number of non-ortho nitro benzene ring substituents is 1. The van der Waals surface area contributed by atoms with E-state index in [1.54, 1.807) is 0 Å². The Morgan fingerprint density at radius 2 is 2.04 bits per heavy atom. The molecule has 1 amide bonds. The molecule has 0 saturated carbocycles. The third kappa shape index (κ3) is 5.77. The summed E-state index contributed by atoms with van der Waals surface area (Å²) >= 11 is 3.06. The Morgan fingerprint density at radius 1 is 1.33 bits per heavy atom. The number of rotatable bonds is 6. The van der Waals surface area contributed by atoms with Crippen molar-refractivity contribution in [2.75, 3.05) is 11.9 Å². The molecule has 144 valence electrons. The molecule has 2 aromatic rings. The lowest BCUT2D eigenvalue weighted by Gasteiger charge is -2.08. The minimum Gasteiger partial charge on any atom is -0.454 e. The van der Waals surface area contributed by atoms with Gasteiger partial charge in [-0.3, -0.25) is 24.4 Å². The predicted octanol–water partition coefficient (Wildman–Crippen LogP) is 2.75. The van der Waals surface area contributed by atoms with Gasteiger partial charge in [-0.25, -0.2) is 0 Å². The third-order valence-electron chi connectivity index (χ3n) is 3.02. The van der Waals surface area contributed by atoms with Gasteiger partial charge in [-0.05, 0) is 28.1 Å². The molecule has 2 rings (SSSR count). The normalized spacial score (nSPS) is 11.1. The molecule has 1 aromatic carbocycles. The van der Waals surface area contributed by atoms with Crippen LogP contribution in [0.2, 0.25) is 0 Å². The molecule has 0 aliphatic carbocycles. The first-order valence-electron chi connectivity index (χ1n) is 7.06. The van der Waals surface area contributed by atoms with Crippen molar-refractivity contribution in [2.24, 2.45) is 0 Å². The highest BCUT2D eigenvalue weighted by molar-refractivity contribution is 9.10. The fourth-order valence-corrected chi connectivity index (χ4v) is 2.30. The molecule has 9 nitrogen and oxygen atoms in total. The van der Waals surface area contributed by atoms with Crippen LogP contribution in [0.4, 0.5) is 24.5 Å². The Balaban J connectivity index is 1.85. The first kappa shape index (κ1) is 20.4. The number of benzene rings is 1. The zero-order valence-corrected chi connectivity index (χ0v) is 14.8. The molecular formula is C14H10BrF3N4O5. The van der Waals surface area contributed by atoms with Crippen molar-refractivity contribution >= 4 is 39.2 Å². The molecule has 0 aliphatic rings. The number of nitro groups is 1. The summed E-state index contributed by atoms with van der Waals surface area (Å²) in [6.45, 7) is -1.31. The molecule has 0 atom stereocenters. The summed E-state index contributed by atoms with van der Waals surface area (Å²) in [7, 11) is 0. The highest BCUT2D eigenvalue weighted by atomic mass is 79.9. The molecule has 1 aromatic heterocycles. The van der Waals surface area contributed by atoms with Crippen LogP contribution >= 0.6 is 15.9 Å². The van der Waals surface area contributed by atoms with Gasteiger partial charge >= 0.3 is 12.1 Å². The summed E-state index contributed by atoms with van der Waals surface area (Å²) in [6.07, 6.45) is -3.68. The van der Waals surface area contributed by atoms with Crippen molar-refractivity contribution in [1.29, 1.82) is 0 Å². The Bertz CT molecular complexity index is 884. The van der Waals surface area contributed by atoms with Gasteiger partial charge in [0, 0.05) is 22.8 Å². The molecule has 0 unspecified atom stereocenters.